The zero-order valence-electron chi connectivity index (χ0n) is 33.7. The van der Waals surface area contributed by atoms with Crippen LogP contribution in [0.4, 0.5) is 0 Å². The summed E-state index contributed by atoms with van der Waals surface area (Å²) in [6, 6.07) is -0.738. The highest BCUT2D eigenvalue weighted by Gasteiger charge is 2.25. The predicted octanol–water partition coefficient (Wildman–Crippen LogP) is 9.30. The largest absolute Gasteiger partial charge is 0.544 e. The second-order valence-corrected chi connectivity index (χ2v) is 14.5. The molecular formula is C44H75NO7. The van der Waals surface area contributed by atoms with Crippen molar-refractivity contribution in [2.24, 2.45) is 0 Å². The van der Waals surface area contributed by atoms with E-state index in [0.717, 1.165) is 44.9 Å². The molecule has 0 amide bonds. The lowest BCUT2D eigenvalue weighted by Crippen LogP contribution is -2.55. The van der Waals surface area contributed by atoms with Gasteiger partial charge in [-0.25, -0.2) is 0 Å². The summed E-state index contributed by atoms with van der Waals surface area (Å²) in [7, 11) is 5.37. The Morgan fingerprint density at radius 2 is 1.17 bits per heavy atom. The van der Waals surface area contributed by atoms with E-state index < -0.39 is 24.1 Å². The van der Waals surface area contributed by atoms with E-state index in [1.165, 1.54) is 70.6 Å². The number of quaternary nitrogens is 1. The Morgan fingerprint density at radius 3 is 1.73 bits per heavy atom. The van der Waals surface area contributed by atoms with Crippen molar-refractivity contribution in [2.75, 3.05) is 41.0 Å². The average Bonchev–Trinajstić information content (AvgIpc) is 3.09. The van der Waals surface area contributed by atoms with E-state index in [2.05, 4.69) is 62.5 Å². The number of carboxylic acids is 1. The van der Waals surface area contributed by atoms with Crippen LogP contribution in [0, 0.1) is 0 Å². The molecule has 2 unspecified atom stereocenters. The fourth-order valence-corrected chi connectivity index (χ4v) is 5.53. The van der Waals surface area contributed by atoms with E-state index in [-0.39, 0.29) is 43.1 Å². The third-order valence-corrected chi connectivity index (χ3v) is 8.70. The normalized spacial score (nSPS) is 13.6. The molecule has 0 saturated carbocycles. The molecule has 0 aromatic rings. The van der Waals surface area contributed by atoms with Crippen molar-refractivity contribution in [2.45, 2.75) is 161 Å². The smallest absolute Gasteiger partial charge is 0.309 e. The summed E-state index contributed by atoms with van der Waals surface area (Å²) in [5, 5.41) is 11.6. The fourth-order valence-electron chi connectivity index (χ4n) is 5.53. The Kier molecular flexibility index (Phi) is 33.1. The fraction of sp³-hybridized carbons (Fsp3) is 0.705. The van der Waals surface area contributed by atoms with Gasteiger partial charge in [0.1, 0.15) is 12.6 Å². The van der Waals surface area contributed by atoms with Gasteiger partial charge in [-0.05, 0) is 51.4 Å². The van der Waals surface area contributed by atoms with E-state index in [9.17, 15) is 19.5 Å². The van der Waals surface area contributed by atoms with Crippen molar-refractivity contribution in [1.82, 2.24) is 0 Å². The number of hydrogen-bond acceptors (Lipinski definition) is 7. The van der Waals surface area contributed by atoms with Gasteiger partial charge in [0.05, 0.1) is 46.7 Å². The molecule has 8 nitrogen and oxygen atoms in total. The molecule has 0 radical (unpaired) electrons. The van der Waals surface area contributed by atoms with Crippen LogP contribution < -0.4 is 5.11 Å². The molecule has 0 bridgehead atoms. The zero-order valence-corrected chi connectivity index (χ0v) is 33.7. The molecule has 0 aliphatic heterocycles. The summed E-state index contributed by atoms with van der Waals surface area (Å²) < 4.78 is 17.0. The minimum absolute atomic E-state index is 0.0102. The van der Waals surface area contributed by atoms with Crippen LogP contribution in [-0.2, 0) is 28.6 Å². The maximum atomic E-state index is 12.7. The minimum Gasteiger partial charge on any atom is -0.544 e. The summed E-state index contributed by atoms with van der Waals surface area (Å²) in [4.78, 5) is 36.6. The van der Waals surface area contributed by atoms with Gasteiger partial charge >= 0.3 is 11.9 Å². The molecule has 0 aliphatic carbocycles. The summed E-state index contributed by atoms with van der Waals surface area (Å²) in [5.74, 6) is -1.90. The van der Waals surface area contributed by atoms with Crippen LogP contribution in [0.2, 0.25) is 0 Å². The first-order valence-electron chi connectivity index (χ1n) is 20.3. The van der Waals surface area contributed by atoms with Crippen molar-refractivity contribution in [1.29, 1.82) is 0 Å². The Morgan fingerprint density at radius 1 is 0.635 bits per heavy atom. The van der Waals surface area contributed by atoms with Gasteiger partial charge in [0.15, 0.2) is 6.10 Å². The Bertz CT molecular complexity index is 1040. The number of carboxylic acid groups (broad SMARTS) is 1. The minimum atomic E-state index is -1.14. The molecule has 0 heterocycles. The van der Waals surface area contributed by atoms with Gasteiger partial charge in [-0.15, -0.1) is 0 Å². The molecule has 52 heavy (non-hydrogen) atoms. The molecular weight excluding hydrogens is 654 g/mol. The molecule has 0 rings (SSSR count). The molecule has 0 aliphatic rings. The topological polar surface area (TPSA) is 102 Å². The van der Waals surface area contributed by atoms with Crippen molar-refractivity contribution in [3.63, 3.8) is 0 Å². The molecule has 0 aromatic heterocycles. The standard InChI is InChI=1S/C44H75NO7/c1-6-8-10-12-14-16-17-18-19-20-21-22-23-24-25-27-29-31-33-35-43(47)52-40(38-50-37-36-41(44(48)49)45(3,4)5)39-51-42(46)34-32-30-28-26-15-13-11-9-7-2/h9,11,14-18,26,30,32,40-41H,6-8,10,12-13,19-25,27-29,31,33-39H2,1-5H3/b11-9+,16-14+,18-17+,26-15+,32-30+. The van der Waals surface area contributed by atoms with Gasteiger partial charge in [0.25, 0.3) is 0 Å². The second kappa shape index (κ2) is 35.1. The van der Waals surface area contributed by atoms with E-state index in [4.69, 9.17) is 14.2 Å². The highest BCUT2D eigenvalue weighted by atomic mass is 16.6. The Hall–Kier alpha value is -2.97. The van der Waals surface area contributed by atoms with E-state index in [0.29, 0.717) is 6.42 Å². The first-order chi connectivity index (χ1) is 25.1. The van der Waals surface area contributed by atoms with Crippen LogP contribution in [0.15, 0.2) is 60.8 Å². The second-order valence-electron chi connectivity index (χ2n) is 14.5. The molecule has 8 heteroatoms. The van der Waals surface area contributed by atoms with E-state index in [1.807, 2.05) is 6.08 Å². The third kappa shape index (κ3) is 32.9. The van der Waals surface area contributed by atoms with Crippen LogP contribution in [0.25, 0.3) is 0 Å². The number of allylic oxidation sites excluding steroid dienone is 9. The van der Waals surface area contributed by atoms with Gasteiger partial charge in [0.2, 0.25) is 0 Å². The molecule has 0 spiro atoms. The van der Waals surface area contributed by atoms with Crippen LogP contribution in [-0.4, -0.2) is 75.5 Å². The maximum Gasteiger partial charge on any atom is 0.309 e. The van der Waals surface area contributed by atoms with Crippen LogP contribution in [0.1, 0.15) is 149 Å². The third-order valence-electron chi connectivity index (χ3n) is 8.70. The van der Waals surface area contributed by atoms with Crippen molar-refractivity contribution in [3.8, 4) is 0 Å². The molecule has 0 saturated heterocycles. The number of ether oxygens (including phenoxy) is 3. The van der Waals surface area contributed by atoms with E-state index >= 15 is 0 Å². The van der Waals surface area contributed by atoms with Crippen molar-refractivity contribution < 1.29 is 38.2 Å². The van der Waals surface area contributed by atoms with Crippen LogP contribution in [0.3, 0.4) is 0 Å². The summed E-state index contributed by atoms with van der Waals surface area (Å²) in [6.45, 7) is 4.38. The molecule has 2 atom stereocenters. The lowest BCUT2D eigenvalue weighted by atomic mass is 10.1. The zero-order chi connectivity index (χ0) is 38.5. The molecule has 0 N–H and O–H groups in total. The van der Waals surface area contributed by atoms with Crippen molar-refractivity contribution >= 4 is 17.9 Å². The predicted molar refractivity (Wildman–Crippen MR) is 212 cm³/mol. The van der Waals surface area contributed by atoms with Crippen molar-refractivity contribution in [3.05, 3.63) is 60.8 Å². The Balaban J connectivity index is 4.38. The number of esters is 2. The van der Waals surface area contributed by atoms with Gasteiger partial charge in [-0.2, -0.15) is 0 Å². The summed E-state index contributed by atoms with van der Waals surface area (Å²) in [6.07, 6.45) is 41.4. The lowest BCUT2D eigenvalue weighted by Gasteiger charge is -2.34. The number of nitrogens with zero attached hydrogens (tertiary/aromatic N) is 1. The van der Waals surface area contributed by atoms with E-state index in [1.54, 1.807) is 27.2 Å². The monoisotopic (exact) mass is 730 g/mol. The Labute approximate surface area is 318 Å². The number of carbonyl (C=O) groups is 3. The number of hydrogen-bond donors (Lipinski definition) is 0. The molecule has 298 valence electrons. The number of rotatable bonds is 35. The van der Waals surface area contributed by atoms with Gasteiger partial charge in [-0.3, -0.25) is 9.59 Å². The van der Waals surface area contributed by atoms with Gasteiger partial charge in [-0.1, -0.05) is 139 Å². The summed E-state index contributed by atoms with van der Waals surface area (Å²) >= 11 is 0. The first-order valence-corrected chi connectivity index (χ1v) is 20.3. The van der Waals surface area contributed by atoms with Gasteiger partial charge < -0.3 is 28.6 Å². The van der Waals surface area contributed by atoms with Crippen LogP contribution >= 0.6 is 0 Å². The number of aliphatic carboxylic acids is 1. The maximum absolute atomic E-state index is 12.7. The SMILES string of the molecule is CC/C=C/C/C=C/C/C=C/CC(=O)OCC(COCCC(C(=O)[O-])[N+](C)(C)C)OC(=O)CCCCCCCCCCCC/C=C/C=C/CCCCC. The number of unbranched alkanes of at least 4 members (excludes halogenated alkanes) is 13. The first kappa shape index (κ1) is 49.0. The molecule has 0 fully saturated rings. The molecule has 0 aromatic carbocycles. The summed E-state index contributed by atoms with van der Waals surface area (Å²) in [5.41, 5.74) is 0. The van der Waals surface area contributed by atoms with Gasteiger partial charge in [0, 0.05) is 12.8 Å². The van der Waals surface area contributed by atoms with Crippen LogP contribution in [0.5, 0.6) is 0 Å². The number of likely N-dealkylation sites (N-methyl/N-ethyl adjacent to an activating group) is 1. The highest BCUT2D eigenvalue weighted by Crippen LogP contribution is 2.13. The highest BCUT2D eigenvalue weighted by molar-refractivity contribution is 5.71. The lowest BCUT2D eigenvalue weighted by molar-refractivity contribution is -0.889. The number of carbonyl (C=O) groups excluding carboxylic acids is 3. The quantitative estimate of drug-likeness (QED) is 0.0211. The average molecular weight is 730 g/mol.